The third-order valence-electron chi connectivity index (χ3n) is 2.96. The van der Waals surface area contributed by atoms with Gasteiger partial charge in [-0.25, -0.2) is 0 Å². The summed E-state index contributed by atoms with van der Waals surface area (Å²) in [6, 6.07) is 10.1. The van der Waals surface area contributed by atoms with Crippen molar-refractivity contribution in [3.05, 3.63) is 35.9 Å². The van der Waals surface area contributed by atoms with Gasteiger partial charge < -0.3 is 15.2 Å². The van der Waals surface area contributed by atoms with Crippen LogP contribution in [0.5, 0.6) is 0 Å². The molecule has 0 bridgehead atoms. The summed E-state index contributed by atoms with van der Waals surface area (Å²) in [5.74, 6) is 0. The van der Waals surface area contributed by atoms with Crippen molar-refractivity contribution in [3.63, 3.8) is 0 Å². The van der Waals surface area contributed by atoms with Gasteiger partial charge in [-0.15, -0.1) is 0 Å². The summed E-state index contributed by atoms with van der Waals surface area (Å²) in [5.41, 5.74) is 0.917. The van der Waals surface area contributed by atoms with E-state index in [0.29, 0.717) is 6.61 Å². The average molecular weight is 237 g/mol. The van der Waals surface area contributed by atoms with Gasteiger partial charge >= 0.3 is 0 Å². The van der Waals surface area contributed by atoms with E-state index in [-0.39, 0.29) is 18.1 Å². The minimum atomic E-state index is -0.238. The quantitative estimate of drug-likeness (QED) is 0.760. The summed E-state index contributed by atoms with van der Waals surface area (Å²) in [4.78, 5) is 0. The number of hydrogen-bond donors (Lipinski definition) is 2. The van der Waals surface area contributed by atoms with E-state index >= 15 is 0 Å². The fraction of sp³-hybridized carbons (Fsp3) is 0.571. The fourth-order valence-electron chi connectivity index (χ4n) is 1.62. The standard InChI is InChI=1S/C14H23NO2/c1-14(2,11-16)13(9-15-3)17-10-12-7-5-4-6-8-12/h4-8,13,15-16H,9-11H2,1-3H3. The van der Waals surface area contributed by atoms with Gasteiger partial charge in [0.15, 0.2) is 0 Å². The summed E-state index contributed by atoms with van der Waals surface area (Å²) >= 11 is 0. The monoisotopic (exact) mass is 237 g/mol. The van der Waals surface area contributed by atoms with Crippen molar-refractivity contribution >= 4 is 0 Å². The molecule has 3 nitrogen and oxygen atoms in total. The molecule has 1 aromatic rings. The fourth-order valence-corrected chi connectivity index (χ4v) is 1.62. The molecule has 0 aliphatic rings. The predicted molar refractivity (Wildman–Crippen MR) is 69.8 cm³/mol. The van der Waals surface area contributed by atoms with E-state index in [0.717, 1.165) is 12.1 Å². The first kappa shape index (κ1) is 14.2. The average Bonchev–Trinajstić information content (AvgIpc) is 2.35. The van der Waals surface area contributed by atoms with Crippen molar-refractivity contribution in [1.82, 2.24) is 5.32 Å². The second-order valence-electron chi connectivity index (χ2n) is 4.99. The Balaban J connectivity index is 2.56. The van der Waals surface area contributed by atoms with Crippen LogP contribution in [-0.4, -0.2) is 31.4 Å². The van der Waals surface area contributed by atoms with Crippen LogP contribution < -0.4 is 5.32 Å². The van der Waals surface area contributed by atoms with Gasteiger partial charge in [0.1, 0.15) is 0 Å². The molecule has 1 unspecified atom stereocenters. The van der Waals surface area contributed by atoms with E-state index < -0.39 is 0 Å². The minimum absolute atomic E-state index is 0.00212. The number of nitrogens with one attached hydrogen (secondary N) is 1. The van der Waals surface area contributed by atoms with Crippen LogP contribution in [0.1, 0.15) is 19.4 Å². The van der Waals surface area contributed by atoms with Crippen LogP contribution >= 0.6 is 0 Å². The molecule has 0 aliphatic heterocycles. The molecular formula is C14H23NO2. The van der Waals surface area contributed by atoms with Crippen LogP contribution in [0.4, 0.5) is 0 Å². The first-order valence-electron chi connectivity index (χ1n) is 6.01. The van der Waals surface area contributed by atoms with Gasteiger partial charge in [-0.2, -0.15) is 0 Å². The molecule has 0 saturated carbocycles. The Labute approximate surface area is 104 Å². The van der Waals surface area contributed by atoms with Crippen LogP contribution in [0.2, 0.25) is 0 Å². The Kier molecular flexibility index (Phi) is 5.62. The van der Waals surface area contributed by atoms with E-state index in [1.165, 1.54) is 0 Å². The molecule has 17 heavy (non-hydrogen) atoms. The lowest BCUT2D eigenvalue weighted by Gasteiger charge is -2.32. The topological polar surface area (TPSA) is 41.5 Å². The predicted octanol–water partition coefficient (Wildman–Crippen LogP) is 1.81. The zero-order chi connectivity index (χ0) is 12.7. The highest BCUT2D eigenvalue weighted by Crippen LogP contribution is 2.23. The molecule has 3 heteroatoms. The molecule has 1 atom stereocenters. The normalized spacial score (nSPS) is 13.6. The molecule has 0 amide bonds. The van der Waals surface area contributed by atoms with Crippen LogP contribution in [0.15, 0.2) is 30.3 Å². The molecule has 0 heterocycles. The number of hydrogen-bond acceptors (Lipinski definition) is 3. The second kappa shape index (κ2) is 6.74. The summed E-state index contributed by atoms with van der Waals surface area (Å²) in [6.07, 6.45) is -0.00212. The van der Waals surface area contributed by atoms with Crippen LogP contribution in [0.3, 0.4) is 0 Å². The van der Waals surface area contributed by atoms with Gasteiger partial charge in [-0.3, -0.25) is 0 Å². The number of ether oxygens (including phenoxy) is 1. The van der Waals surface area contributed by atoms with E-state index in [2.05, 4.69) is 5.32 Å². The van der Waals surface area contributed by atoms with Gasteiger partial charge in [0.05, 0.1) is 19.3 Å². The number of aliphatic hydroxyl groups is 1. The van der Waals surface area contributed by atoms with Crippen molar-refractivity contribution in [2.45, 2.75) is 26.6 Å². The zero-order valence-corrected chi connectivity index (χ0v) is 10.9. The second-order valence-corrected chi connectivity index (χ2v) is 4.99. The number of rotatable bonds is 7. The number of benzene rings is 1. The Morgan fingerprint density at radius 3 is 2.47 bits per heavy atom. The van der Waals surface area contributed by atoms with Crippen molar-refractivity contribution in [2.24, 2.45) is 5.41 Å². The smallest absolute Gasteiger partial charge is 0.0776 e. The highest BCUT2D eigenvalue weighted by molar-refractivity contribution is 5.13. The SMILES string of the molecule is CNCC(OCc1ccccc1)C(C)(C)CO. The van der Waals surface area contributed by atoms with Crippen molar-refractivity contribution in [3.8, 4) is 0 Å². The summed E-state index contributed by atoms with van der Waals surface area (Å²) in [7, 11) is 1.90. The molecule has 0 fully saturated rings. The Bertz CT molecular complexity index is 311. The third kappa shape index (κ3) is 4.46. The summed E-state index contributed by atoms with van der Waals surface area (Å²) < 4.78 is 5.90. The van der Waals surface area contributed by atoms with Crippen LogP contribution in [0.25, 0.3) is 0 Å². The molecule has 0 spiro atoms. The lowest BCUT2D eigenvalue weighted by atomic mass is 9.87. The maximum atomic E-state index is 9.38. The highest BCUT2D eigenvalue weighted by Gasteiger charge is 2.29. The van der Waals surface area contributed by atoms with E-state index in [1.54, 1.807) is 0 Å². The van der Waals surface area contributed by atoms with E-state index in [4.69, 9.17) is 4.74 Å². The molecular weight excluding hydrogens is 214 g/mol. The van der Waals surface area contributed by atoms with Gasteiger partial charge in [-0.1, -0.05) is 44.2 Å². The van der Waals surface area contributed by atoms with E-state index in [9.17, 15) is 5.11 Å². The maximum absolute atomic E-state index is 9.38. The molecule has 1 aromatic carbocycles. The Hall–Kier alpha value is -0.900. The first-order valence-corrected chi connectivity index (χ1v) is 6.01. The van der Waals surface area contributed by atoms with Crippen molar-refractivity contribution < 1.29 is 9.84 Å². The minimum Gasteiger partial charge on any atom is -0.396 e. The summed E-state index contributed by atoms with van der Waals surface area (Å²) in [6.45, 7) is 5.46. The van der Waals surface area contributed by atoms with Crippen LogP contribution in [-0.2, 0) is 11.3 Å². The number of likely N-dealkylation sites (N-methyl/N-ethyl adjacent to an activating group) is 1. The van der Waals surface area contributed by atoms with Gasteiger partial charge in [0.2, 0.25) is 0 Å². The van der Waals surface area contributed by atoms with Crippen molar-refractivity contribution in [2.75, 3.05) is 20.2 Å². The van der Waals surface area contributed by atoms with Gasteiger partial charge in [0.25, 0.3) is 0 Å². The molecule has 0 aromatic heterocycles. The molecule has 1 rings (SSSR count). The van der Waals surface area contributed by atoms with Gasteiger partial charge in [0, 0.05) is 12.0 Å². The molecule has 0 saturated heterocycles. The highest BCUT2D eigenvalue weighted by atomic mass is 16.5. The Morgan fingerprint density at radius 1 is 1.29 bits per heavy atom. The molecule has 0 aliphatic carbocycles. The molecule has 0 radical (unpaired) electrons. The lowest BCUT2D eigenvalue weighted by Crippen LogP contribution is -2.41. The summed E-state index contributed by atoms with van der Waals surface area (Å²) in [5, 5.41) is 12.5. The van der Waals surface area contributed by atoms with Crippen molar-refractivity contribution in [1.29, 1.82) is 0 Å². The van der Waals surface area contributed by atoms with E-state index in [1.807, 2.05) is 51.2 Å². The lowest BCUT2D eigenvalue weighted by molar-refractivity contribution is -0.0549. The van der Waals surface area contributed by atoms with Gasteiger partial charge in [-0.05, 0) is 12.6 Å². The maximum Gasteiger partial charge on any atom is 0.0776 e. The van der Waals surface area contributed by atoms with Crippen LogP contribution in [0, 0.1) is 5.41 Å². The zero-order valence-electron chi connectivity index (χ0n) is 10.9. The number of aliphatic hydroxyl groups excluding tert-OH is 1. The Morgan fingerprint density at radius 2 is 1.94 bits per heavy atom. The molecule has 96 valence electrons. The molecule has 2 N–H and O–H groups in total. The first-order chi connectivity index (χ1) is 8.10. The largest absolute Gasteiger partial charge is 0.396 e. The third-order valence-corrected chi connectivity index (χ3v) is 2.96.